The second-order valence-corrected chi connectivity index (χ2v) is 8.39. The lowest BCUT2D eigenvalue weighted by atomic mass is 9.84. The molecule has 0 saturated carbocycles. The highest BCUT2D eigenvalue weighted by atomic mass is 32.2. The molecule has 6 nitrogen and oxygen atoms in total. The summed E-state index contributed by atoms with van der Waals surface area (Å²) >= 11 is 0. The van der Waals surface area contributed by atoms with Crippen LogP contribution in [0.1, 0.15) is 27.2 Å². The van der Waals surface area contributed by atoms with Crippen LogP contribution in [-0.2, 0) is 14.8 Å². The van der Waals surface area contributed by atoms with Crippen molar-refractivity contribution in [2.24, 2.45) is 17.1 Å². The fraction of sp³-hybridized carbons (Fsp3) is 0.917. The summed E-state index contributed by atoms with van der Waals surface area (Å²) in [5.41, 5.74) is 5.61. The van der Waals surface area contributed by atoms with Gasteiger partial charge in [-0.05, 0) is 11.8 Å². The van der Waals surface area contributed by atoms with E-state index in [1.54, 1.807) is 0 Å². The van der Waals surface area contributed by atoms with Crippen molar-refractivity contribution in [2.45, 2.75) is 27.2 Å². The highest BCUT2D eigenvalue weighted by Crippen LogP contribution is 2.23. The molecule has 114 valence electrons. The number of hydrogen-bond donors (Lipinski definition) is 2. The van der Waals surface area contributed by atoms with Crippen LogP contribution in [0.4, 0.5) is 0 Å². The van der Waals surface area contributed by atoms with E-state index in [1.807, 2.05) is 20.8 Å². The minimum absolute atomic E-state index is 0.0110. The van der Waals surface area contributed by atoms with Gasteiger partial charge in [-0.25, -0.2) is 12.7 Å². The van der Waals surface area contributed by atoms with Gasteiger partial charge in [0, 0.05) is 27.2 Å². The lowest BCUT2D eigenvalue weighted by Crippen LogP contribution is -2.40. The maximum absolute atomic E-state index is 11.9. The Kier molecular flexibility index (Phi) is 6.96. The number of rotatable bonds is 7. The van der Waals surface area contributed by atoms with Crippen LogP contribution in [-0.4, -0.2) is 51.6 Å². The Morgan fingerprint density at radius 3 is 2.21 bits per heavy atom. The highest BCUT2D eigenvalue weighted by Gasteiger charge is 2.24. The predicted octanol–water partition coefficient (Wildman–Crippen LogP) is 0.00510. The quantitative estimate of drug-likeness (QED) is 0.691. The molecule has 0 aromatic rings. The number of amides is 1. The molecular weight excluding hydrogens is 266 g/mol. The molecule has 0 aliphatic carbocycles. The van der Waals surface area contributed by atoms with Crippen LogP contribution in [0.15, 0.2) is 0 Å². The number of nitrogens with zero attached hydrogens (tertiary/aromatic N) is 1. The highest BCUT2D eigenvalue weighted by molar-refractivity contribution is 7.89. The van der Waals surface area contributed by atoms with Crippen molar-refractivity contribution in [2.75, 3.05) is 32.9 Å². The molecule has 0 aliphatic rings. The Labute approximate surface area is 116 Å². The van der Waals surface area contributed by atoms with E-state index >= 15 is 0 Å². The van der Waals surface area contributed by atoms with E-state index in [9.17, 15) is 13.2 Å². The minimum atomic E-state index is -3.27. The van der Waals surface area contributed by atoms with Crippen molar-refractivity contribution in [1.29, 1.82) is 0 Å². The standard InChI is InChI=1S/C12H27N3O3S/c1-12(2,3)8-10(9-13)11(16)14-6-7-19(17,18)15(4)5/h10H,6-9,13H2,1-5H3,(H,14,16). The largest absolute Gasteiger partial charge is 0.355 e. The van der Waals surface area contributed by atoms with Gasteiger partial charge < -0.3 is 11.1 Å². The Hall–Kier alpha value is -0.660. The van der Waals surface area contributed by atoms with Gasteiger partial charge in [0.1, 0.15) is 0 Å². The molecule has 0 rings (SSSR count). The molecule has 0 aromatic heterocycles. The zero-order chi connectivity index (χ0) is 15.3. The summed E-state index contributed by atoms with van der Waals surface area (Å²) in [5, 5.41) is 2.64. The van der Waals surface area contributed by atoms with Crippen LogP contribution in [0.2, 0.25) is 0 Å². The van der Waals surface area contributed by atoms with Gasteiger partial charge in [-0.15, -0.1) is 0 Å². The second-order valence-electron chi connectivity index (χ2n) is 6.09. The molecule has 0 radical (unpaired) electrons. The van der Waals surface area contributed by atoms with E-state index in [0.29, 0.717) is 6.42 Å². The fourth-order valence-electron chi connectivity index (χ4n) is 1.65. The molecule has 0 spiro atoms. The van der Waals surface area contributed by atoms with Crippen molar-refractivity contribution in [3.63, 3.8) is 0 Å². The van der Waals surface area contributed by atoms with E-state index < -0.39 is 10.0 Å². The number of carbonyl (C=O) groups excluding carboxylic acids is 1. The van der Waals surface area contributed by atoms with Gasteiger partial charge in [0.15, 0.2) is 0 Å². The first-order valence-corrected chi connectivity index (χ1v) is 7.98. The number of nitrogens with one attached hydrogen (secondary N) is 1. The first kappa shape index (κ1) is 18.3. The molecule has 0 aliphatic heterocycles. The van der Waals surface area contributed by atoms with Gasteiger partial charge in [0.05, 0.1) is 11.7 Å². The maximum Gasteiger partial charge on any atom is 0.224 e. The summed E-state index contributed by atoms with van der Waals surface area (Å²) in [4.78, 5) is 11.9. The second kappa shape index (κ2) is 7.21. The van der Waals surface area contributed by atoms with Crippen molar-refractivity contribution < 1.29 is 13.2 Å². The van der Waals surface area contributed by atoms with Crippen LogP contribution in [0.3, 0.4) is 0 Å². The number of carbonyl (C=O) groups is 1. The molecule has 0 heterocycles. The molecule has 1 unspecified atom stereocenters. The minimum Gasteiger partial charge on any atom is -0.355 e. The molecule has 0 bridgehead atoms. The number of nitrogens with two attached hydrogens (primary N) is 1. The van der Waals surface area contributed by atoms with Crippen LogP contribution < -0.4 is 11.1 Å². The molecule has 0 aromatic carbocycles. The average Bonchev–Trinajstić information content (AvgIpc) is 2.23. The maximum atomic E-state index is 11.9. The zero-order valence-electron chi connectivity index (χ0n) is 12.6. The zero-order valence-corrected chi connectivity index (χ0v) is 13.4. The summed E-state index contributed by atoms with van der Waals surface area (Å²) in [6.07, 6.45) is 0.676. The average molecular weight is 293 g/mol. The fourth-order valence-corrected chi connectivity index (χ4v) is 2.38. The Morgan fingerprint density at radius 1 is 1.32 bits per heavy atom. The normalized spacial score (nSPS) is 14.5. The molecule has 0 saturated heterocycles. The van der Waals surface area contributed by atoms with Gasteiger partial charge >= 0.3 is 0 Å². The molecule has 19 heavy (non-hydrogen) atoms. The summed E-state index contributed by atoms with van der Waals surface area (Å²) < 4.78 is 24.2. The molecule has 1 amide bonds. The van der Waals surface area contributed by atoms with Crippen LogP contribution in [0, 0.1) is 11.3 Å². The van der Waals surface area contributed by atoms with E-state index in [1.165, 1.54) is 14.1 Å². The van der Waals surface area contributed by atoms with Crippen molar-refractivity contribution in [1.82, 2.24) is 9.62 Å². The van der Waals surface area contributed by atoms with Gasteiger partial charge in [0.2, 0.25) is 15.9 Å². The van der Waals surface area contributed by atoms with Crippen LogP contribution in [0.5, 0.6) is 0 Å². The van der Waals surface area contributed by atoms with E-state index in [0.717, 1.165) is 4.31 Å². The van der Waals surface area contributed by atoms with Gasteiger partial charge in [-0.1, -0.05) is 20.8 Å². The van der Waals surface area contributed by atoms with E-state index in [2.05, 4.69) is 5.32 Å². The molecule has 0 fully saturated rings. The third-order valence-corrected chi connectivity index (χ3v) is 4.56. The lowest BCUT2D eigenvalue weighted by Gasteiger charge is -2.24. The van der Waals surface area contributed by atoms with Gasteiger partial charge in [-0.2, -0.15) is 0 Å². The van der Waals surface area contributed by atoms with Crippen molar-refractivity contribution in [3.8, 4) is 0 Å². The van der Waals surface area contributed by atoms with Crippen molar-refractivity contribution >= 4 is 15.9 Å². The van der Waals surface area contributed by atoms with Gasteiger partial charge in [-0.3, -0.25) is 4.79 Å². The van der Waals surface area contributed by atoms with E-state index in [-0.39, 0.29) is 36.1 Å². The van der Waals surface area contributed by atoms with Crippen LogP contribution >= 0.6 is 0 Å². The third-order valence-electron chi connectivity index (χ3n) is 2.73. The van der Waals surface area contributed by atoms with Crippen LogP contribution in [0.25, 0.3) is 0 Å². The Balaban J connectivity index is 4.31. The summed E-state index contributed by atoms with van der Waals surface area (Å²) in [6, 6.07) is 0. The summed E-state index contributed by atoms with van der Waals surface area (Å²) in [7, 11) is -0.331. The molecule has 3 N–H and O–H groups in total. The molecule has 7 heteroatoms. The predicted molar refractivity (Wildman–Crippen MR) is 77.1 cm³/mol. The molecule has 1 atom stereocenters. The topological polar surface area (TPSA) is 92.5 Å². The summed E-state index contributed by atoms with van der Waals surface area (Å²) in [6.45, 7) is 6.50. The SMILES string of the molecule is CN(C)S(=O)(=O)CCNC(=O)C(CN)CC(C)(C)C. The van der Waals surface area contributed by atoms with Crippen molar-refractivity contribution in [3.05, 3.63) is 0 Å². The Morgan fingerprint density at radius 2 is 1.84 bits per heavy atom. The third kappa shape index (κ3) is 7.49. The Bertz CT molecular complexity index is 386. The summed E-state index contributed by atoms with van der Waals surface area (Å²) in [5.74, 6) is -0.549. The first-order valence-electron chi connectivity index (χ1n) is 6.37. The number of hydrogen-bond acceptors (Lipinski definition) is 4. The monoisotopic (exact) mass is 293 g/mol. The first-order chi connectivity index (χ1) is 8.49. The van der Waals surface area contributed by atoms with Gasteiger partial charge in [0.25, 0.3) is 0 Å². The molecular formula is C12H27N3O3S. The van der Waals surface area contributed by atoms with E-state index in [4.69, 9.17) is 5.73 Å². The smallest absolute Gasteiger partial charge is 0.224 e. The number of sulfonamides is 1. The lowest BCUT2D eigenvalue weighted by molar-refractivity contribution is -0.125.